The summed E-state index contributed by atoms with van der Waals surface area (Å²) in [6.07, 6.45) is 1.19. The number of aromatic amines is 1. The fraction of sp³-hybridized carbons (Fsp3) is 0.480. The third-order valence-corrected chi connectivity index (χ3v) is 6.26. The topological polar surface area (TPSA) is 204 Å². The maximum atomic E-state index is 13.3. The summed E-state index contributed by atoms with van der Waals surface area (Å²) in [5.74, 6) is -4.65. The molecule has 208 valence electrons. The molecule has 1 aromatic heterocycles. The van der Waals surface area contributed by atoms with Crippen molar-refractivity contribution in [2.45, 2.75) is 63.7 Å². The van der Waals surface area contributed by atoms with E-state index in [1.807, 2.05) is 38.1 Å². The van der Waals surface area contributed by atoms with Gasteiger partial charge in [0.05, 0.1) is 6.04 Å². The van der Waals surface area contributed by atoms with Crippen LogP contribution in [-0.4, -0.2) is 74.8 Å². The molecule has 0 aliphatic heterocycles. The average Bonchev–Trinajstić information content (AvgIpc) is 3.27. The number of thiol groups is 1. The number of carbonyl (C=O) groups excluding carboxylic acids is 3. The molecule has 0 saturated carbocycles. The SMILES string of the molecule is CC(C)CC(NC(=O)C(Cc1c[nH]c2ccccc12)NC(=O)C(CCC(=O)O)NC(=O)C(N)CS)C(=O)O. The van der Waals surface area contributed by atoms with Gasteiger partial charge in [-0.15, -0.1) is 0 Å². The summed E-state index contributed by atoms with van der Waals surface area (Å²) in [7, 11) is 0. The van der Waals surface area contributed by atoms with E-state index in [9.17, 15) is 29.1 Å². The quantitative estimate of drug-likeness (QED) is 0.146. The summed E-state index contributed by atoms with van der Waals surface area (Å²) in [6.45, 7) is 3.64. The minimum Gasteiger partial charge on any atom is -0.481 e. The van der Waals surface area contributed by atoms with E-state index >= 15 is 0 Å². The van der Waals surface area contributed by atoms with Gasteiger partial charge in [0.1, 0.15) is 18.1 Å². The predicted octanol–water partition coefficient (Wildman–Crippen LogP) is 0.417. The Kier molecular flexibility index (Phi) is 11.6. The maximum Gasteiger partial charge on any atom is 0.326 e. The first-order valence-corrected chi connectivity index (χ1v) is 12.8. The molecule has 4 atom stereocenters. The number of nitrogens with one attached hydrogen (secondary N) is 4. The zero-order valence-electron chi connectivity index (χ0n) is 21.3. The summed E-state index contributed by atoms with van der Waals surface area (Å²) >= 11 is 3.96. The number of carbonyl (C=O) groups is 5. The van der Waals surface area contributed by atoms with E-state index in [0.29, 0.717) is 5.56 Å². The molecule has 38 heavy (non-hydrogen) atoms. The minimum atomic E-state index is -1.30. The molecule has 2 aromatic rings. The first-order chi connectivity index (χ1) is 17.9. The monoisotopic (exact) mass is 549 g/mol. The van der Waals surface area contributed by atoms with Crippen LogP contribution in [-0.2, 0) is 30.4 Å². The van der Waals surface area contributed by atoms with Crippen LogP contribution in [0.5, 0.6) is 0 Å². The van der Waals surface area contributed by atoms with Gasteiger partial charge in [0.25, 0.3) is 0 Å². The molecule has 0 aliphatic carbocycles. The molecule has 0 radical (unpaired) electrons. The number of aromatic nitrogens is 1. The van der Waals surface area contributed by atoms with Crippen molar-refractivity contribution in [3.8, 4) is 0 Å². The smallest absolute Gasteiger partial charge is 0.326 e. The number of hydrogen-bond acceptors (Lipinski definition) is 7. The maximum absolute atomic E-state index is 13.3. The first-order valence-electron chi connectivity index (χ1n) is 12.2. The molecule has 1 aromatic carbocycles. The molecular weight excluding hydrogens is 514 g/mol. The minimum absolute atomic E-state index is 0.00285. The van der Waals surface area contributed by atoms with E-state index in [4.69, 9.17) is 10.8 Å². The highest BCUT2D eigenvalue weighted by Gasteiger charge is 2.31. The van der Waals surface area contributed by atoms with Gasteiger partial charge < -0.3 is 36.9 Å². The molecule has 0 saturated heterocycles. The van der Waals surface area contributed by atoms with Crippen LogP contribution in [0.15, 0.2) is 30.5 Å². The fourth-order valence-corrected chi connectivity index (χ4v) is 4.03. The van der Waals surface area contributed by atoms with Crippen LogP contribution < -0.4 is 21.7 Å². The number of hydrogen-bond donors (Lipinski definition) is 8. The Morgan fingerprint density at radius 2 is 1.55 bits per heavy atom. The van der Waals surface area contributed by atoms with E-state index in [1.54, 1.807) is 6.20 Å². The van der Waals surface area contributed by atoms with Crippen LogP contribution in [0.4, 0.5) is 0 Å². The third-order valence-electron chi connectivity index (χ3n) is 5.87. The van der Waals surface area contributed by atoms with Gasteiger partial charge in [-0.05, 0) is 30.4 Å². The lowest BCUT2D eigenvalue weighted by atomic mass is 10.0. The van der Waals surface area contributed by atoms with E-state index in [2.05, 4.69) is 33.6 Å². The fourth-order valence-electron chi connectivity index (χ4n) is 3.87. The molecule has 2 rings (SSSR count). The molecule has 0 spiro atoms. The Morgan fingerprint density at radius 1 is 0.947 bits per heavy atom. The summed E-state index contributed by atoms with van der Waals surface area (Å²) in [4.78, 5) is 64.8. The summed E-state index contributed by atoms with van der Waals surface area (Å²) in [6, 6.07) is 2.61. The average molecular weight is 550 g/mol. The molecule has 4 unspecified atom stereocenters. The number of benzene rings is 1. The molecule has 12 nitrogen and oxygen atoms in total. The Labute approximate surface area is 225 Å². The summed E-state index contributed by atoms with van der Waals surface area (Å²) in [5.41, 5.74) is 7.18. The molecule has 13 heteroatoms. The molecule has 0 bridgehead atoms. The van der Waals surface area contributed by atoms with Gasteiger partial charge in [0, 0.05) is 35.7 Å². The molecule has 1 heterocycles. The Balaban J connectivity index is 2.34. The van der Waals surface area contributed by atoms with Gasteiger partial charge in [-0.25, -0.2) is 4.79 Å². The second-order valence-corrected chi connectivity index (χ2v) is 9.80. The molecule has 3 amide bonds. The van der Waals surface area contributed by atoms with Gasteiger partial charge in [-0.3, -0.25) is 19.2 Å². The van der Waals surface area contributed by atoms with Crippen molar-refractivity contribution < 1.29 is 34.2 Å². The highest BCUT2D eigenvalue weighted by molar-refractivity contribution is 7.80. The second kappa shape index (κ2) is 14.4. The Morgan fingerprint density at radius 3 is 2.16 bits per heavy atom. The molecular formula is C25H35N5O7S. The van der Waals surface area contributed by atoms with E-state index < -0.39 is 60.2 Å². The van der Waals surface area contributed by atoms with Crippen molar-refractivity contribution in [1.29, 1.82) is 0 Å². The van der Waals surface area contributed by atoms with Crippen LogP contribution >= 0.6 is 12.6 Å². The zero-order chi connectivity index (χ0) is 28.4. The van der Waals surface area contributed by atoms with Gasteiger partial charge in [-0.1, -0.05) is 32.0 Å². The molecule has 0 fully saturated rings. The van der Waals surface area contributed by atoms with E-state index in [-0.39, 0.29) is 30.9 Å². The standard InChI is InChI=1S/C25H35N5O7S/c1-13(2)9-20(25(36)37)30-24(35)19(10-14-11-27-17-6-4-3-5-15(14)17)29-23(34)18(7-8-21(31)32)28-22(33)16(26)12-38/h3-6,11,13,16,18-20,27,38H,7-10,12,26H2,1-2H3,(H,28,33)(H,29,34)(H,30,35)(H,31,32)(H,36,37). The van der Waals surface area contributed by atoms with Gasteiger partial charge in [0.2, 0.25) is 17.7 Å². The van der Waals surface area contributed by atoms with E-state index in [0.717, 1.165) is 10.9 Å². The normalized spacial score (nSPS) is 14.3. The largest absolute Gasteiger partial charge is 0.481 e. The van der Waals surface area contributed by atoms with Crippen molar-refractivity contribution in [2.75, 3.05) is 5.75 Å². The summed E-state index contributed by atoms with van der Waals surface area (Å²) < 4.78 is 0. The number of rotatable bonds is 15. The number of nitrogens with two attached hydrogens (primary N) is 1. The van der Waals surface area contributed by atoms with Crippen molar-refractivity contribution in [1.82, 2.24) is 20.9 Å². The lowest BCUT2D eigenvalue weighted by molar-refractivity contribution is -0.142. The van der Waals surface area contributed by atoms with Gasteiger partial charge >= 0.3 is 11.9 Å². The number of H-pyrrole nitrogens is 1. The predicted molar refractivity (Wildman–Crippen MR) is 144 cm³/mol. The van der Waals surface area contributed by atoms with Crippen LogP contribution in [0.3, 0.4) is 0 Å². The number of para-hydroxylation sites is 1. The highest BCUT2D eigenvalue weighted by atomic mass is 32.1. The number of amides is 3. The number of aliphatic carboxylic acids is 2. The lowest BCUT2D eigenvalue weighted by Crippen LogP contribution is -2.58. The van der Waals surface area contributed by atoms with Crippen molar-refractivity contribution >= 4 is 53.2 Å². The number of carboxylic acids is 2. The van der Waals surface area contributed by atoms with Crippen LogP contribution in [0.25, 0.3) is 10.9 Å². The van der Waals surface area contributed by atoms with Gasteiger partial charge in [-0.2, -0.15) is 12.6 Å². The van der Waals surface area contributed by atoms with Crippen LogP contribution in [0, 0.1) is 5.92 Å². The lowest BCUT2D eigenvalue weighted by Gasteiger charge is -2.25. The van der Waals surface area contributed by atoms with Crippen LogP contribution in [0.1, 0.15) is 38.7 Å². The van der Waals surface area contributed by atoms with E-state index in [1.165, 1.54) is 0 Å². The molecule has 0 aliphatic rings. The number of fused-ring (bicyclic) bond motifs is 1. The van der Waals surface area contributed by atoms with Crippen molar-refractivity contribution in [2.24, 2.45) is 11.7 Å². The highest BCUT2D eigenvalue weighted by Crippen LogP contribution is 2.19. The first kappa shape index (κ1) is 30.6. The van der Waals surface area contributed by atoms with Crippen LogP contribution in [0.2, 0.25) is 0 Å². The third kappa shape index (κ3) is 9.06. The zero-order valence-corrected chi connectivity index (χ0v) is 22.2. The second-order valence-electron chi connectivity index (χ2n) is 9.44. The number of carboxylic acid groups (broad SMARTS) is 2. The van der Waals surface area contributed by atoms with Gasteiger partial charge in [0.15, 0.2) is 0 Å². The Hall–Kier alpha value is -3.58. The Bertz CT molecular complexity index is 1150. The van der Waals surface area contributed by atoms with Crippen molar-refractivity contribution in [3.05, 3.63) is 36.0 Å². The summed E-state index contributed by atoms with van der Waals surface area (Å²) in [5, 5.41) is 27.0. The van der Waals surface area contributed by atoms with Crippen molar-refractivity contribution in [3.63, 3.8) is 0 Å². The molecule has 8 N–H and O–H groups in total.